The highest BCUT2D eigenvalue weighted by atomic mass is 35.5. The number of carbonyl (C=O) groups is 3. The summed E-state index contributed by atoms with van der Waals surface area (Å²) < 4.78 is 5.73. The van der Waals surface area contributed by atoms with Crippen LogP contribution in [-0.4, -0.2) is 35.1 Å². The Balaban J connectivity index is 1.44. The van der Waals surface area contributed by atoms with Gasteiger partial charge in [-0.2, -0.15) is 5.10 Å². The highest BCUT2D eigenvalue weighted by Crippen LogP contribution is 2.27. The maximum absolute atomic E-state index is 13.5. The van der Waals surface area contributed by atoms with Crippen LogP contribution in [0.3, 0.4) is 0 Å². The first-order valence-electron chi connectivity index (χ1n) is 12.6. The van der Waals surface area contributed by atoms with Crippen molar-refractivity contribution in [3.05, 3.63) is 118 Å². The molecule has 1 heterocycles. The molecule has 4 aromatic rings. The van der Waals surface area contributed by atoms with Crippen molar-refractivity contribution in [2.75, 3.05) is 0 Å². The van der Waals surface area contributed by atoms with E-state index in [1.54, 1.807) is 18.2 Å². The van der Waals surface area contributed by atoms with Gasteiger partial charge in [-0.3, -0.25) is 9.59 Å². The normalized spacial score (nSPS) is 12.0. The van der Waals surface area contributed by atoms with E-state index in [1.807, 2.05) is 74.5 Å². The van der Waals surface area contributed by atoms with Crippen LogP contribution in [0.4, 0.5) is 0 Å². The number of carboxylic acid groups (broad SMARTS) is 1. The Morgan fingerprint density at radius 2 is 1.50 bits per heavy atom. The first-order chi connectivity index (χ1) is 19.2. The van der Waals surface area contributed by atoms with E-state index in [4.69, 9.17) is 21.1 Å². The van der Waals surface area contributed by atoms with Gasteiger partial charge in [0.05, 0.1) is 22.7 Å². The van der Waals surface area contributed by atoms with E-state index in [9.17, 15) is 14.4 Å². The summed E-state index contributed by atoms with van der Waals surface area (Å²) in [7, 11) is 0. The highest BCUT2D eigenvalue weighted by molar-refractivity contribution is 6.33. The first-order valence-corrected chi connectivity index (χ1v) is 13.0. The van der Waals surface area contributed by atoms with Crippen molar-refractivity contribution in [3.63, 3.8) is 0 Å². The number of carbonyl (C=O) groups excluding carboxylic acids is 2. The van der Waals surface area contributed by atoms with E-state index in [0.29, 0.717) is 17.1 Å². The van der Waals surface area contributed by atoms with Crippen molar-refractivity contribution >= 4 is 35.6 Å². The maximum Gasteiger partial charge on any atom is 0.337 e. The molecule has 0 radical (unpaired) electrons. The van der Waals surface area contributed by atoms with Crippen LogP contribution in [-0.2, 0) is 9.59 Å². The van der Waals surface area contributed by atoms with E-state index >= 15 is 0 Å². The minimum atomic E-state index is -1.12. The zero-order valence-electron chi connectivity index (χ0n) is 21.9. The SMILES string of the molecule is CC(C)[C@@H](NC(=O)C(c1ccccc1)c1ccccc1)C(=O)N/N=C\c1ccc(-c2ccc(C(=O)O)c(Cl)c2)o1. The summed E-state index contributed by atoms with van der Waals surface area (Å²) in [6, 6.07) is 25.8. The summed E-state index contributed by atoms with van der Waals surface area (Å²) in [5.41, 5.74) is 4.71. The molecule has 0 spiro atoms. The average Bonchev–Trinajstić information content (AvgIpc) is 3.41. The molecule has 3 aromatic carbocycles. The van der Waals surface area contributed by atoms with Crippen molar-refractivity contribution < 1.29 is 23.9 Å². The molecule has 0 saturated heterocycles. The van der Waals surface area contributed by atoms with Crippen molar-refractivity contribution in [2.45, 2.75) is 25.8 Å². The van der Waals surface area contributed by atoms with Crippen LogP contribution in [0.25, 0.3) is 11.3 Å². The Hall–Kier alpha value is -4.69. The molecule has 40 heavy (non-hydrogen) atoms. The largest absolute Gasteiger partial charge is 0.478 e. The molecular formula is C31H28ClN3O5. The number of hydrogen-bond acceptors (Lipinski definition) is 5. The van der Waals surface area contributed by atoms with Crippen molar-refractivity contribution in [1.82, 2.24) is 10.7 Å². The smallest absolute Gasteiger partial charge is 0.337 e. The fourth-order valence-electron chi connectivity index (χ4n) is 4.21. The summed E-state index contributed by atoms with van der Waals surface area (Å²) in [4.78, 5) is 37.7. The quantitative estimate of drug-likeness (QED) is 0.170. The van der Waals surface area contributed by atoms with Gasteiger partial charge in [0.2, 0.25) is 5.91 Å². The number of nitrogens with one attached hydrogen (secondary N) is 2. The van der Waals surface area contributed by atoms with Crippen LogP contribution in [0.1, 0.15) is 47.0 Å². The molecule has 0 bridgehead atoms. The molecule has 4 rings (SSSR count). The Kier molecular flexibility index (Phi) is 9.14. The van der Waals surface area contributed by atoms with Gasteiger partial charge in [0.15, 0.2) is 0 Å². The van der Waals surface area contributed by atoms with E-state index in [-0.39, 0.29) is 22.4 Å². The monoisotopic (exact) mass is 557 g/mol. The molecule has 0 aliphatic rings. The van der Waals surface area contributed by atoms with Gasteiger partial charge in [0.1, 0.15) is 17.6 Å². The third kappa shape index (κ3) is 6.84. The Morgan fingerprint density at radius 3 is 2.05 bits per heavy atom. The van der Waals surface area contributed by atoms with E-state index in [0.717, 1.165) is 11.1 Å². The van der Waals surface area contributed by atoms with Gasteiger partial charge in [0.25, 0.3) is 5.91 Å². The van der Waals surface area contributed by atoms with Crippen LogP contribution in [0.2, 0.25) is 5.02 Å². The third-order valence-corrected chi connectivity index (χ3v) is 6.56. The predicted molar refractivity (Wildman–Crippen MR) is 153 cm³/mol. The molecule has 9 heteroatoms. The van der Waals surface area contributed by atoms with Gasteiger partial charge < -0.3 is 14.8 Å². The number of amides is 2. The van der Waals surface area contributed by atoms with Crippen molar-refractivity contribution in [3.8, 4) is 11.3 Å². The summed E-state index contributed by atoms with van der Waals surface area (Å²) in [6.07, 6.45) is 1.34. The molecule has 204 valence electrons. The number of hydrazone groups is 1. The minimum Gasteiger partial charge on any atom is -0.478 e. The molecular weight excluding hydrogens is 530 g/mol. The third-order valence-electron chi connectivity index (χ3n) is 6.25. The summed E-state index contributed by atoms with van der Waals surface area (Å²) in [6.45, 7) is 3.68. The second-order valence-electron chi connectivity index (χ2n) is 9.42. The van der Waals surface area contributed by atoms with Gasteiger partial charge in [-0.15, -0.1) is 0 Å². The number of benzene rings is 3. The molecule has 1 atom stereocenters. The summed E-state index contributed by atoms with van der Waals surface area (Å²) in [5.74, 6) is -1.87. The second kappa shape index (κ2) is 12.9. The van der Waals surface area contributed by atoms with Gasteiger partial charge in [0, 0.05) is 5.56 Å². The molecule has 3 N–H and O–H groups in total. The Labute approximate surface area is 236 Å². The van der Waals surface area contributed by atoms with Crippen LogP contribution in [0.15, 0.2) is 101 Å². The number of furan rings is 1. The fourth-order valence-corrected chi connectivity index (χ4v) is 4.47. The predicted octanol–water partition coefficient (Wildman–Crippen LogP) is 5.72. The lowest BCUT2D eigenvalue weighted by Crippen LogP contribution is -2.50. The molecule has 0 aliphatic carbocycles. The van der Waals surface area contributed by atoms with Gasteiger partial charge in [-0.05, 0) is 41.3 Å². The van der Waals surface area contributed by atoms with Crippen LogP contribution in [0.5, 0.6) is 0 Å². The van der Waals surface area contributed by atoms with Crippen molar-refractivity contribution in [1.29, 1.82) is 0 Å². The molecule has 2 amide bonds. The zero-order valence-corrected chi connectivity index (χ0v) is 22.6. The Morgan fingerprint density at radius 1 is 0.875 bits per heavy atom. The number of rotatable bonds is 10. The number of nitrogens with zero attached hydrogens (tertiary/aromatic N) is 1. The van der Waals surface area contributed by atoms with Crippen molar-refractivity contribution in [2.24, 2.45) is 11.0 Å². The zero-order chi connectivity index (χ0) is 28.6. The van der Waals surface area contributed by atoms with E-state index < -0.39 is 23.8 Å². The van der Waals surface area contributed by atoms with Crippen LogP contribution < -0.4 is 10.7 Å². The molecule has 8 nitrogen and oxygen atoms in total. The lowest BCUT2D eigenvalue weighted by Gasteiger charge is -2.24. The maximum atomic E-state index is 13.5. The average molecular weight is 558 g/mol. The van der Waals surface area contributed by atoms with Crippen LogP contribution in [0, 0.1) is 5.92 Å². The highest BCUT2D eigenvalue weighted by Gasteiger charge is 2.29. The Bertz CT molecular complexity index is 1480. The van der Waals surface area contributed by atoms with Crippen LogP contribution >= 0.6 is 11.6 Å². The lowest BCUT2D eigenvalue weighted by molar-refractivity contribution is -0.130. The van der Waals surface area contributed by atoms with Gasteiger partial charge in [-0.25, -0.2) is 10.2 Å². The topological polar surface area (TPSA) is 121 Å². The minimum absolute atomic E-state index is 0.00729. The summed E-state index contributed by atoms with van der Waals surface area (Å²) in [5, 5.41) is 16.1. The number of hydrogen-bond donors (Lipinski definition) is 3. The second-order valence-corrected chi connectivity index (χ2v) is 9.83. The van der Waals surface area contributed by atoms with E-state index in [2.05, 4.69) is 15.8 Å². The number of aromatic carboxylic acids is 1. The van der Waals surface area contributed by atoms with Gasteiger partial charge >= 0.3 is 5.97 Å². The molecule has 0 fully saturated rings. The molecule has 0 unspecified atom stereocenters. The molecule has 1 aromatic heterocycles. The molecule has 0 aliphatic heterocycles. The fraction of sp³-hybridized carbons (Fsp3) is 0.161. The number of carboxylic acids is 1. The molecule has 0 saturated carbocycles. The lowest BCUT2D eigenvalue weighted by atomic mass is 9.89. The van der Waals surface area contributed by atoms with Gasteiger partial charge in [-0.1, -0.05) is 92.2 Å². The standard InChI is InChI=1S/C31H28ClN3O5/c1-19(2)28(34-29(36)27(20-9-5-3-6-10-20)21-11-7-4-8-12-21)30(37)35-33-18-23-14-16-26(40-23)22-13-15-24(31(38)39)25(32)17-22/h3-19,27-28H,1-2H3,(H,34,36)(H,35,37)(H,38,39)/b33-18-/t28-/m1/s1. The van der Waals surface area contributed by atoms with E-state index in [1.165, 1.54) is 18.3 Å². The summed E-state index contributed by atoms with van der Waals surface area (Å²) >= 11 is 6.05. The number of halogens is 1. The first kappa shape index (κ1) is 28.3.